The van der Waals surface area contributed by atoms with E-state index in [-0.39, 0.29) is 17.9 Å². The SMILES string of the molecule is Cn1ncc(Cl)c1-c1ccc(C(=O)N[C@@H]2CNCC[C@H]2c2ccc(Cl)cc2)cc1C#N. The number of aromatic nitrogens is 2. The molecule has 8 heteroatoms. The van der Waals surface area contributed by atoms with Gasteiger partial charge in [-0.2, -0.15) is 10.4 Å². The molecule has 0 saturated carbocycles. The zero-order chi connectivity index (χ0) is 22.0. The van der Waals surface area contributed by atoms with Gasteiger partial charge in [0.05, 0.1) is 28.5 Å². The van der Waals surface area contributed by atoms with Crippen LogP contribution in [0.4, 0.5) is 0 Å². The standard InChI is InChI=1S/C23H21Cl2N5O/c1-30-22(20(25)12-28-30)19-7-4-15(10-16(19)11-26)23(31)29-21-13-27-9-8-18(21)14-2-5-17(24)6-3-14/h2-7,10,12,18,21,27H,8-9,13H2,1H3,(H,29,31)/t18-,21+/m0/s1. The number of nitriles is 1. The molecule has 0 aliphatic carbocycles. The molecule has 0 bridgehead atoms. The van der Waals surface area contributed by atoms with Gasteiger partial charge in [-0.3, -0.25) is 9.48 Å². The molecule has 0 unspecified atom stereocenters. The van der Waals surface area contributed by atoms with Crippen molar-refractivity contribution in [1.29, 1.82) is 5.26 Å². The highest BCUT2D eigenvalue weighted by Crippen LogP contribution is 2.31. The van der Waals surface area contributed by atoms with E-state index in [1.165, 1.54) is 6.20 Å². The van der Waals surface area contributed by atoms with E-state index < -0.39 is 0 Å². The van der Waals surface area contributed by atoms with Gasteiger partial charge in [0.2, 0.25) is 0 Å². The molecule has 1 aliphatic heterocycles. The molecule has 1 aliphatic rings. The molecule has 1 aromatic heterocycles. The van der Waals surface area contributed by atoms with Crippen LogP contribution in [0.5, 0.6) is 0 Å². The van der Waals surface area contributed by atoms with E-state index in [9.17, 15) is 10.1 Å². The number of carbonyl (C=O) groups excluding carboxylic acids is 1. The molecule has 1 amide bonds. The second-order valence-electron chi connectivity index (χ2n) is 7.57. The highest BCUT2D eigenvalue weighted by Gasteiger charge is 2.28. The average molecular weight is 454 g/mol. The molecule has 6 nitrogen and oxygen atoms in total. The number of rotatable bonds is 4. The Kier molecular flexibility index (Phi) is 6.28. The number of carbonyl (C=O) groups is 1. The summed E-state index contributed by atoms with van der Waals surface area (Å²) in [6.45, 7) is 1.56. The van der Waals surface area contributed by atoms with E-state index in [2.05, 4.69) is 21.8 Å². The van der Waals surface area contributed by atoms with Crippen LogP contribution in [0.2, 0.25) is 10.0 Å². The number of hydrogen-bond acceptors (Lipinski definition) is 4. The van der Waals surface area contributed by atoms with Crippen LogP contribution in [0.3, 0.4) is 0 Å². The van der Waals surface area contributed by atoms with Crippen LogP contribution >= 0.6 is 23.2 Å². The molecular weight excluding hydrogens is 433 g/mol. The summed E-state index contributed by atoms with van der Waals surface area (Å²) in [7, 11) is 1.76. The summed E-state index contributed by atoms with van der Waals surface area (Å²) in [5.41, 5.74) is 3.23. The Morgan fingerprint density at radius 3 is 2.71 bits per heavy atom. The van der Waals surface area contributed by atoms with Crippen LogP contribution in [0, 0.1) is 11.3 Å². The van der Waals surface area contributed by atoms with Crippen molar-refractivity contribution in [3.05, 3.63) is 75.4 Å². The van der Waals surface area contributed by atoms with Crippen molar-refractivity contribution >= 4 is 29.1 Å². The summed E-state index contributed by atoms with van der Waals surface area (Å²) < 4.78 is 1.61. The van der Waals surface area contributed by atoms with Crippen molar-refractivity contribution in [3.8, 4) is 17.3 Å². The lowest BCUT2D eigenvalue weighted by Crippen LogP contribution is -2.50. The molecule has 2 aromatic carbocycles. The smallest absolute Gasteiger partial charge is 0.251 e. The Morgan fingerprint density at radius 1 is 1.26 bits per heavy atom. The predicted molar refractivity (Wildman–Crippen MR) is 121 cm³/mol. The summed E-state index contributed by atoms with van der Waals surface area (Å²) in [4.78, 5) is 13.0. The van der Waals surface area contributed by atoms with Crippen LogP contribution in [0.1, 0.15) is 33.8 Å². The van der Waals surface area contributed by atoms with Gasteiger partial charge in [-0.25, -0.2) is 0 Å². The lowest BCUT2D eigenvalue weighted by molar-refractivity contribution is 0.0924. The normalized spacial score (nSPS) is 18.4. The largest absolute Gasteiger partial charge is 0.347 e. The molecule has 1 fully saturated rings. The quantitative estimate of drug-likeness (QED) is 0.621. The van der Waals surface area contributed by atoms with Gasteiger partial charge in [0, 0.05) is 41.7 Å². The van der Waals surface area contributed by atoms with Crippen LogP contribution in [0.25, 0.3) is 11.3 Å². The van der Waals surface area contributed by atoms with Gasteiger partial charge in [0.25, 0.3) is 5.91 Å². The Bertz CT molecular complexity index is 1130. The van der Waals surface area contributed by atoms with Gasteiger partial charge in [-0.15, -0.1) is 0 Å². The zero-order valence-electron chi connectivity index (χ0n) is 16.9. The Balaban J connectivity index is 1.58. The fourth-order valence-corrected chi connectivity index (χ4v) is 4.46. The molecular formula is C23H21Cl2N5O. The van der Waals surface area contributed by atoms with Crippen LogP contribution < -0.4 is 10.6 Å². The second-order valence-corrected chi connectivity index (χ2v) is 8.41. The van der Waals surface area contributed by atoms with Crippen molar-refractivity contribution in [3.63, 3.8) is 0 Å². The molecule has 3 aromatic rings. The molecule has 2 N–H and O–H groups in total. The van der Waals surface area contributed by atoms with Crippen molar-refractivity contribution in [2.45, 2.75) is 18.4 Å². The van der Waals surface area contributed by atoms with Crippen molar-refractivity contribution in [1.82, 2.24) is 20.4 Å². The zero-order valence-corrected chi connectivity index (χ0v) is 18.4. The summed E-state index contributed by atoms with van der Waals surface area (Å²) in [5.74, 6) is -0.0303. The molecule has 0 spiro atoms. The van der Waals surface area contributed by atoms with E-state index in [4.69, 9.17) is 23.2 Å². The first-order chi connectivity index (χ1) is 15.0. The summed E-state index contributed by atoms with van der Waals surface area (Å²) in [5, 5.41) is 21.4. The first kappa shape index (κ1) is 21.4. The molecule has 2 heterocycles. The first-order valence-electron chi connectivity index (χ1n) is 9.97. The van der Waals surface area contributed by atoms with Gasteiger partial charge >= 0.3 is 0 Å². The number of amides is 1. The van der Waals surface area contributed by atoms with E-state index >= 15 is 0 Å². The number of aryl methyl sites for hydroxylation is 1. The second kappa shape index (κ2) is 9.11. The van der Waals surface area contributed by atoms with Crippen molar-refractivity contribution < 1.29 is 4.79 Å². The number of halogens is 2. The summed E-state index contributed by atoms with van der Waals surface area (Å²) in [6.07, 6.45) is 2.44. The van der Waals surface area contributed by atoms with E-state index in [1.807, 2.05) is 24.3 Å². The Hall–Kier alpha value is -2.85. The van der Waals surface area contributed by atoms with Crippen LogP contribution in [-0.2, 0) is 7.05 Å². The monoisotopic (exact) mass is 453 g/mol. The fraction of sp³-hybridized carbons (Fsp3) is 0.261. The highest BCUT2D eigenvalue weighted by molar-refractivity contribution is 6.33. The third-order valence-electron chi connectivity index (χ3n) is 5.65. The van der Waals surface area contributed by atoms with E-state index in [1.54, 1.807) is 29.9 Å². The molecule has 4 rings (SSSR count). The van der Waals surface area contributed by atoms with Gasteiger partial charge in [-0.1, -0.05) is 41.4 Å². The van der Waals surface area contributed by atoms with Gasteiger partial charge in [-0.05, 0) is 42.8 Å². The average Bonchev–Trinajstić information content (AvgIpc) is 3.12. The topological polar surface area (TPSA) is 82.7 Å². The minimum absolute atomic E-state index is 0.0702. The fourth-order valence-electron chi connectivity index (χ4n) is 4.07. The van der Waals surface area contributed by atoms with Gasteiger partial charge in [0.15, 0.2) is 0 Å². The Labute approximate surface area is 190 Å². The predicted octanol–water partition coefficient (Wildman–Crippen LogP) is 4.14. The van der Waals surface area contributed by atoms with E-state index in [0.29, 0.717) is 39.0 Å². The molecule has 2 atom stereocenters. The molecule has 158 valence electrons. The third-order valence-corrected chi connectivity index (χ3v) is 6.18. The lowest BCUT2D eigenvalue weighted by atomic mass is 9.86. The maximum atomic E-state index is 13.0. The molecule has 0 radical (unpaired) electrons. The summed E-state index contributed by atoms with van der Waals surface area (Å²) in [6, 6.07) is 14.9. The third kappa shape index (κ3) is 4.45. The minimum atomic E-state index is -0.216. The van der Waals surface area contributed by atoms with Crippen LogP contribution in [-0.4, -0.2) is 34.8 Å². The van der Waals surface area contributed by atoms with Crippen LogP contribution in [0.15, 0.2) is 48.7 Å². The summed E-state index contributed by atoms with van der Waals surface area (Å²) >= 11 is 12.3. The van der Waals surface area contributed by atoms with Crippen molar-refractivity contribution in [2.75, 3.05) is 13.1 Å². The Morgan fingerprint density at radius 2 is 2.03 bits per heavy atom. The number of benzene rings is 2. The van der Waals surface area contributed by atoms with Crippen molar-refractivity contribution in [2.24, 2.45) is 7.05 Å². The highest BCUT2D eigenvalue weighted by atomic mass is 35.5. The number of nitrogens with zero attached hydrogens (tertiary/aromatic N) is 3. The minimum Gasteiger partial charge on any atom is -0.347 e. The molecule has 31 heavy (non-hydrogen) atoms. The van der Waals surface area contributed by atoms with E-state index in [0.717, 1.165) is 18.5 Å². The van der Waals surface area contributed by atoms with Gasteiger partial charge in [0.1, 0.15) is 0 Å². The maximum absolute atomic E-state index is 13.0. The number of piperidine rings is 1. The van der Waals surface area contributed by atoms with Gasteiger partial charge < -0.3 is 10.6 Å². The number of nitrogens with one attached hydrogen (secondary N) is 2. The lowest BCUT2D eigenvalue weighted by Gasteiger charge is -2.33. The number of hydrogen-bond donors (Lipinski definition) is 2. The molecule has 1 saturated heterocycles. The maximum Gasteiger partial charge on any atom is 0.251 e. The first-order valence-corrected chi connectivity index (χ1v) is 10.7.